The molecule has 12 heteroatoms. The van der Waals surface area contributed by atoms with Crippen LogP contribution in [0.4, 0.5) is 5.69 Å². The van der Waals surface area contributed by atoms with Crippen molar-refractivity contribution in [3.63, 3.8) is 0 Å². The Kier molecular flexibility index (Phi) is 11.8. The van der Waals surface area contributed by atoms with E-state index < -0.39 is 28.5 Å². The number of rotatable bonds is 12. The van der Waals surface area contributed by atoms with Gasteiger partial charge >= 0.3 is 0 Å². The standard InChI is InChI=1S/C29H31Cl4N3O4S/c1-4-14-34-29(38)27(5-2)35(17-20-8-12-23(30)25(32)15-20)28(37)18-36(21-9-13-24(31)26(33)16-21)41(39,40)22-10-6-19(3)7-11-22/h6-13,15-16,27H,4-5,14,17-18H2,1-3H3,(H,34,38). The van der Waals surface area contributed by atoms with Gasteiger partial charge in [-0.2, -0.15) is 0 Å². The van der Waals surface area contributed by atoms with Crippen LogP contribution in [0.25, 0.3) is 0 Å². The number of hydrogen-bond donors (Lipinski definition) is 1. The van der Waals surface area contributed by atoms with Gasteiger partial charge in [-0.05, 0) is 67.8 Å². The summed E-state index contributed by atoms with van der Waals surface area (Å²) in [6.45, 7) is 5.37. The Hall–Kier alpha value is -2.49. The molecule has 1 unspecified atom stereocenters. The highest BCUT2D eigenvalue weighted by Crippen LogP contribution is 2.31. The molecule has 0 saturated heterocycles. The maximum Gasteiger partial charge on any atom is 0.264 e. The van der Waals surface area contributed by atoms with Gasteiger partial charge in [0.15, 0.2) is 0 Å². The van der Waals surface area contributed by atoms with Gasteiger partial charge in [0.2, 0.25) is 11.8 Å². The number of nitrogens with zero attached hydrogens (tertiary/aromatic N) is 2. The minimum atomic E-state index is -4.24. The van der Waals surface area contributed by atoms with Crippen LogP contribution < -0.4 is 9.62 Å². The Morgan fingerprint density at radius 1 is 0.854 bits per heavy atom. The zero-order valence-corrected chi connectivity index (χ0v) is 26.7. The molecule has 0 radical (unpaired) electrons. The predicted molar refractivity (Wildman–Crippen MR) is 167 cm³/mol. The van der Waals surface area contributed by atoms with Gasteiger partial charge in [-0.3, -0.25) is 13.9 Å². The first-order valence-corrected chi connectivity index (χ1v) is 15.9. The summed E-state index contributed by atoms with van der Waals surface area (Å²) in [7, 11) is -4.24. The fraction of sp³-hybridized carbons (Fsp3) is 0.310. The van der Waals surface area contributed by atoms with Crippen LogP contribution >= 0.6 is 46.4 Å². The van der Waals surface area contributed by atoms with E-state index in [0.29, 0.717) is 35.0 Å². The summed E-state index contributed by atoms with van der Waals surface area (Å²) in [5, 5.41) is 3.83. The van der Waals surface area contributed by atoms with Crippen molar-refractivity contribution in [1.29, 1.82) is 0 Å². The second-order valence-corrected chi connectivity index (χ2v) is 12.9. The van der Waals surface area contributed by atoms with E-state index in [9.17, 15) is 18.0 Å². The molecule has 0 bridgehead atoms. The molecule has 7 nitrogen and oxygen atoms in total. The van der Waals surface area contributed by atoms with Gasteiger partial charge in [-0.15, -0.1) is 0 Å². The van der Waals surface area contributed by atoms with Gasteiger partial charge in [0.1, 0.15) is 12.6 Å². The largest absolute Gasteiger partial charge is 0.354 e. The van der Waals surface area contributed by atoms with Gasteiger partial charge in [0.05, 0.1) is 30.7 Å². The van der Waals surface area contributed by atoms with Crippen molar-refractivity contribution in [3.8, 4) is 0 Å². The van der Waals surface area contributed by atoms with Crippen LogP contribution in [0.15, 0.2) is 65.6 Å². The van der Waals surface area contributed by atoms with E-state index in [0.717, 1.165) is 9.87 Å². The summed E-state index contributed by atoms with van der Waals surface area (Å²) >= 11 is 24.7. The number of hydrogen-bond acceptors (Lipinski definition) is 4. The summed E-state index contributed by atoms with van der Waals surface area (Å²) in [6, 6.07) is 14.6. The van der Waals surface area contributed by atoms with Gasteiger partial charge < -0.3 is 10.2 Å². The molecular formula is C29H31Cl4N3O4S. The summed E-state index contributed by atoms with van der Waals surface area (Å²) in [6.07, 6.45) is 1.00. The topological polar surface area (TPSA) is 86.8 Å². The lowest BCUT2D eigenvalue weighted by Crippen LogP contribution is -2.52. The number of amides is 2. The Balaban J connectivity index is 2.09. The summed E-state index contributed by atoms with van der Waals surface area (Å²) in [5.41, 5.74) is 1.64. The van der Waals surface area contributed by atoms with Crippen molar-refractivity contribution in [2.24, 2.45) is 0 Å². The van der Waals surface area contributed by atoms with Crippen molar-refractivity contribution >= 4 is 73.9 Å². The summed E-state index contributed by atoms with van der Waals surface area (Å²) in [4.78, 5) is 28.6. The lowest BCUT2D eigenvalue weighted by Gasteiger charge is -2.33. The highest BCUT2D eigenvalue weighted by molar-refractivity contribution is 7.92. The van der Waals surface area contributed by atoms with Crippen molar-refractivity contribution < 1.29 is 18.0 Å². The number of anilines is 1. The van der Waals surface area contributed by atoms with Gasteiger partial charge in [0, 0.05) is 13.1 Å². The molecule has 0 aromatic heterocycles. The number of aryl methyl sites for hydroxylation is 1. The average molecular weight is 659 g/mol. The second-order valence-electron chi connectivity index (χ2n) is 9.41. The molecule has 0 spiro atoms. The molecular weight excluding hydrogens is 628 g/mol. The number of carbonyl (C=O) groups is 2. The highest BCUT2D eigenvalue weighted by Gasteiger charge is 2.34. The molecule has 220 valence electrons. The number of halogens is 4. The Labute approximate surface area is 261 Å². The molecule has 0 saturated carbocycles. The molecule has 3 rings (SSSR count). The second kappa shape index (κ2) is 14.6. The molecule has 3 aromatic rings. The van der Waals surface area contributed by atoms with Crippen LogP contribution in [0.1, 0.15) is 37.8 Å². The zero-order valence-electron chi connectivity index (χ0n) is 22.8. The number of sulfonamides is 1. The van der Waals surface area contributed by atoms with E-state index >= 15 is 0 Å². The smallest absolute Gasteiger partial charge is 0.264 e. The normalized spacial score (nSPS) is 12.1. The molecule has 1 N–H and O–H groups in total. The SMILES string of the molecule is CCCNC(=O)C(CC)N(Cc1ccc(Cl)c(Cl)c1)C(=O)CN(c1ccc(Cl)c(Cl)c1)S(=O)(=O)c1ccc(C)cc1. The van der Waals surface area contributed by atoms with Gasteiger partial charge in [0.25, 0.3) is 10.0 Å². The summed E-state index contributed by atoms with van der Waals surface area (Å²) in [5.74, 6) is -0.943. The Morgan fingerprint density at radius 3 is 2.02 bits per heavy atom. The maximum absolute atomic E-state index is 14.1. The first-order valence-electron chi connectivity index (χ1n) is 12.9. The zero-order chi connectivity index (χ0) is 30.3. The van der Waals surface area contributed by atoms with E-state index in [2.05, 4.69) is 5.32 Å². The molecule has 41 heavy (non-hydrogen) atoms. The third kappa shape index (κ3) is 8.30. The van der Waals surface area contributed by atoms with Crippen LogP contribution in [-0.4, -0.2) is 44.3 Å². The molecule has 0 heterocycles. The fourth-order valence-corrected chi connectivity index (χ4v) is 6.15. The fourth-order valence-electron chi connectivity index (χ4n) is 4.13. The molecule has 1 atom stereocenters. The quantitative estimate of drug-likeness (QED) is 0.224. The van der Waals surface area contributed by atoms with Crippen LogP contribution in [-0.2, 0) is 26.2 Å². The number of nitrogens with one attached hydrogen (secondary N) is 1. The van der Waals surface area contributed by atoms with Crippen LogP contribution in [0, 0.1) is 6.92 Å². The third-order valence-corrected chi connectivity index (χ3v) is 9.62. The van der Waals surface area contributed by atoms with E-state index in [1.807, 2.05) is 13.8 Å². The minimum absolute atomic E-state index is 0.00638. The lowest BCUT2D eigenvalue weighted by atomic mass is 10.1. The van der Waals surface area contributed by atoms with E-state index in [-0.39, 0.29) is 33.1 Å². The van der Waals surface area contributed by atoms with E-state index in [4.69, 9.17) is 46.4 Å². The number of carbonyl (C=O) groups excluding carboxylic acids is 2. The monoisotopic (exact) mass is 657 g/mol. The van der Waals surface area contributed by atoms with Crippen LogP contribution in [0.2, 0.25) is 20.1 Å². The van der Waals surface area contributed by atoms with Crippen molar-refractivity contribution in [2.75, 3.05) is 17.4 Å². The molecule has 3 aromatic carbocycles. The van der Waals surface area contributed by atoms with Gasteiger partial charge in [-0.1, -0.05) is 84.0 Å². The predicted octanol–water partition coefficient (Wildman–Crippen LogP) is 7.14. The number of benzene rings is 3. The minimum Gasteiger partial charge on any atom is -0.354 e. The molecule has 0 aliphatic carbocycles. The molecule has 0 fully saturated rings. The van der Waals surface area contributed by atoms with Crippen LogP contribution in [0.5, 0.6) is 0 Å². The average Bonchev–Trinajstić information content (AvgIpc) is 2.94. The molecule has 0 aliphatic heterocycles. The first kappa shape index (κ1) is 33.0. The third-order valence-electron chi connectivity index (χ3n) is 6.35. The van der Waals surface area contributed by atoms with E-state index in [1.54, 1.807) is 37.3 Å². The maximum atomic E-state index is 14.1. The van der Waals surface area contributed by atoms with Crippen LogP contribution in [0.3, 0.4) is 0 Å². The van der Waals surface area contributed by atoms with E-state index in [1.165, 1.54) is 35.2 Å². The van der Waals surface area contributed by atoms with Crippen molar-refractivity contribution in [2.45, 2.75) is 51.1 Å². The van der Waals surface area contributed by atoms with Crippen molar-refractivity contribution in [1.82, 2.24) is 10.2 Å². The molecule has 2 amide bonds. The molecule has 0 aliphatic rings. The van der Waals surface area contributed by atoms with Gasteiger partial charge in [-0.25, -0.2) is 8.42 Å². The highest BCUT2D eigenvalue weighted by atomic mass is 35.5. The summed E-state index contributed by atoms with van der Waals surface area (Å²) < 4.78 is 28.8. The Morgan fingerprint density at radius 2 is 1.46 bits per heavy atom. The Bertz CT molecular complexity index is 1500. The lowest BCUT2D eigenvalue weighted by molar-refractivity contribution is -0.140. The first-order chi connectivity index (χ1) is 19.4. The van der Waals surface area contributed by atoms with Crippen molar-refractivity contribution in [3.05, 3.63) is 91.9 Å².